The molecule has 2 aromatic carbocycles. The zero-order valence-electron chi connectivity index (χ0n) is 10.4. The van der Waals surface area contributed by atoms with Gasteiger partial charge in [0.1, 0.15) is 24.7 Å². The van der Waals surface area contributed by atoms with E-state index in [4.69, 9.17) is 15.2 Å². The largest absolute Gasteiger partial charge is 0.490 e. The van der Waals surface area contributed by atoms with Gasteiger partial charge in [0.05, 0.1) is 0 Å². The Morgan fingerprint density at radius 3 is 1.72 bits per heavy atom. The lowest BCUT2D eigenvalue weighted by Gasteiger charge is -2.08. The number of ether oxygens (including phenoxy) is 2. The molecule has 0 aromatic heterocycles. The van der Waals surface area contributed by atoms with Crippen molar-refractivity contribution in [2.24, 2.45) is 0 Å². The van der Waals surface area contributed by atoms with Gasteiger partial charge in [-0.25, -0.2) is 0 Å². The maximum Gasteiger partial charge on any atom is 0.122 e. The average Bonchev–Trinajstić information content (AvgIpc) is 2.39. The van der Waals surface area contributed by atoms with Gasteiger partial charge in [-0.1, -0.05) is 17.7 Å². The molecule has 0 unspecified atom stereocenters. The second kappa shape index (κ2) is 5.96. The van der Waals surface area contributed by atoms with Crippen molar-refractivity contribution in [3.8, 4) is 11.5 Å². The first-order valence-corrected chi connectivity index (χ1v) is 5.92. The standard InChI is InChI=1S/C15H17NO2/c1-12-2-6-14(7-3-12)17-10-11-18-15-8-4-13(16)5-9-15/h2-9H,10-11,16H2,1H3. The van der Waals surface area contributed by atoms with E-state index in [2.05, 4.69) is 0 Å². The minimum atomic E-state index is 0.512. The van der Waals surface area contributed by atoms with Crippen LogP contribution in [-0.2, 0) is 0 Å². The molecule has 2 N–H and O–H groups in total. The van der Waals surface area contributed by atoms with Crippen LogP contribution in [0, 0.1) is 6.92 Å². The first-order chi connectivity index (χ1) is 8.74. The molecule has 0 spiro atoms. The van der Waals surface area contributed by atoms with Gasteiger partial charge in [0, 0.05) is 5.69 Å². The average molecular weight is 243 g/mol. The molecule has 0 aliphatic carbocycles. The number of hydrogen-bond acceptors (Lipinski definition) is 3. The molecule has 18 heavy (non-hydrogen) atoms. The molecule has 0 bridgehead atoms. The van der Waals surface area contributed by atoms with Crippen LogP contribution in [0.1, 0.15) is 5.56 Å². The molecule has 3 nitrogen and oxygen atoms in total. The Hall–Kier alpha value is -2.16. The highest BCUT2D eigenvalue weighted by Gasteiger charge is 1.95. The van der Waals surface area contributed by atoms with Gasteiger partial charge in [-0.15, -0.1) is 0 Å². The van der Waals surface area contributed by atoms with Crippen LogP contribution >= 0.6 is 0 Å². The van der Waals surface area contributed by atoms with E-state index in [0.29, 0.717) is 13.2 Å². The number of rotatable bonds is 5. The molecule has 94 valence electrons. The summed E-state index contributed by atoms with van der Waals surface area (Å²) < 4.78 is 11.1. The predicted molar refractivity (Wildman–Crippen MR) is 73.0 cm³/mol. The van der Waals surface area contributed by atoms with Crippen molar-refractivity contribution >= 4 is 5.69 Å². The third-order valence-electron chi connectivity index (χ3n) is 2.52. The maximum atomic E-state index is 5.59. The Kier molecular flexibility index (Phi) is 4.07. The molecule has 2 aromatic rings. The number of hydrogen-bond donors (Lipinski definition) is 1. The zero-order valence-corrected chi connectivity index (χ0v) is 10.4. The fourth-order valence-electron chi connectivity index (χ4n) is 1.52. The minimum Gasteiger partial charge on any atom is -0.490 e. The third-order valence-corrected chi connectivity index (χ3v) is 2.52. The van der Waals surface area contributed by atoms with Crippen molar-refractivity contribution in [2.75, 3.05) is 18.9 Å². The van der Waals surface area contributed by atoms with Crippen molar-refractivity contribution in [3.63, 3.8) is 0 Å². The van der Waals surface area contributed by atoms with Gasteiger partial charge in [-0.05, 0) is 43.3 Å². The lowest BCUT2D eigenvalue weighted by molar-refractivity contribution is 0.217. The van der Waals surface area contributed by atoms with E-state index in [-0.39, 0.29) is 0 Å². The summed E-state index contributed by atoms with van der Waals surface area (Å²) in [6.07, 6.45) is 0. The highest BCUT2D eigenvalue weighted by molar-refractivity contribution is 5.41. The number of aryl methyl sites for hydroxylation is 1. The first kappa shape index (κ1) is 12.3. The van der Waals surface area contributed by atoms with Crippen molar-refractivity contribution in [3.05, 3.63) is 54.1 Å². The van der Waals surface area contributed by atoms with Crippen LogP contribution in [0.3, 0.4) is 0 Å². The Bertz CT molecular complexity index is 429. The van der Waals surface area contributed by atoms with E-state index < -0.39 is 0 Å². The molecule has 0 aliphatic heterocycles. The predicted octanol–water partition coefficient (Wildman–Crippen LogP) is 3.04. The van der Waals surface area contributed by atoms with E-state index in [1.807, 2.05) is 55.5 Å². The topological polar surface area (TPSA) is 44.5 Å². The molecular formula is C15H17NO2. The fourth-order valence-corrected chi connectivity index (χ4v) is 1.52. The van der Waals surface area contributed by atoms with Crippen LogP contribution in [0.4, 0.5) is 5.69 Å². The third kappa shape index (κ3) is 3.70. The molecule has 0 atom stereocenters. The van der Waals surface area contributed by atoms with Crippen LogP contribution < -0.4 is 15.2 Å². The Labute approximate surface area is 107 Å². The fraction of sp³-hybridized carbons (Fsp3) is 0.200. The smallest absolute Gasteiger partial charge is 0.122 e. The van der Waals surface area contributed by atoms with Crippen LogP contribution in [0.5, 0.6) is 11.5 Å². The van der Waals surface area contributed by atoms with E-state index >= 15 is 0 Å². The minimum absolute atomic E-state index is 0.512. The maximum absolute atomic E-state index is 5.59. The molecular weight excluding hydrogens is 226 g/mol. The summed E-state index contributed by atoms with van der Waals surface area (Å²) in [6, 6.07) is 15.3. The van der Waals surface area contributed by atoms with E-state index in [1.54, 1.807) is 0 Å². The van der Waals surface area contributed by atoms with Gasteiger partial charge in [0.2, 0.25) is 0 Å². The molecule has 2 rings (SSSR count). The number of benzene rings is 2. The molecule has 3 heteroatoms. The first-order valence-electron chi connectivity index (χ1n) is 5.92. The van der Waals surface area contributed by atoms with E-state index in [1.165, 1.54) is 5.56 Å². The summed E-state index contributed by atoms with van der Waals surface area (Å²) in [6.45, 7) is 3.08. The molecule has 0 amide bonds. The van der Waals surface area contributed by atoms with E-state index in [9.17, 15) is 0 Å². The lowest BCUT2D eigenvalue weighted by Crippen LogP contribution is -2.08. The highest BCUT2D eigenvalue weighted by Crippen LogP contribution is 2.14. The van der Waals surface area contributed by atoms with Crippen LogP contribution in [-0.4, -0.2) is 13.2 Å². The van der Waals surface area contributed by atoms with Gasteiger partial charge in [-0.3, -0.25) is 0 Å². The van der Waals surface area contributed by atoms with Gasteiger partial charge in [-0.2, -0.15) is 0 Å². The van der Waals surface area contributed by atoms with Crippen LogP contribution in [0.2, 0.25) is 0 Å². The van der Waals surface area contributed by atoms with Crippen LogP contribution in [0.25, 0.3) is 0 Å². The zero-order chi connectivity index (χ0) is 12.8. The second-order valence-electron chi connectivity index (χ2n) is 4.08. The van der Waals surface area contributed by atoms with Crippen molar-refractivity contribution in [1.29, 1.82) is 0 Å². The quantitative estimate of drug-likeness (QED) is 0.648. The van der Waals surface area contributed by atoms with Crippen LogP contribution in [0.15, 0.2) is 48.5 Å². The Morgan fingerprint density at radius 2 is 1.22 bits per heavy atom. The monoisotopic (exact) mass is 243 g/mol. The summed E-state index contributed by atoms with van der Waals surface area (Å²) in [7, 11) is 0. The summed E-state index contributed by atoms with van der Waals surface area (Å²) in [5.74, 6) is 1.67. The molecule has 0 saturated carbocycles. The van der Waals surface area contributed by atoms with Gasteiger partial charge in [0.15, 0.2) is 0 Å². The van der Waals surface area contributed by atoms with Crippen molar-refractivity contribution in [1.82, 2.24) is 0 Å². The molecule has 0 aliphatic rings. The normalized spacial score (nSPS) is 10.1. The molecule has 0 radical (unpaired) electrons. The van der Waals surface area contributed by atoms with E-state index in [0.717, 1.165) is 17.2 Å². The molecule has 0 heterocycles. The molecule has 0 fully saturated rings. The highest BCUT2D eigenvalue weighted by atomic mass is 16.5. The summed E-state index contributed by atoms with van der Waals surface area (Å²) in [5, 5.41) is 0. The van der Waals surface area contributed by atoms with Crippen molar-refractivity contribution in [2.45, 2.75) is 6.92 Å². The van der Waals surface area contributed by atoms with Gasteiger partial charge < -0.3 is 15.2 Å². The summed E-state index contributed by atoms with van der Waals surface area (Å²) >= 11 is 0. The number of nitrogen functional groups attached to an aromatic ring is 1. The SMILES string of the molecule is Cc1ccc(OCCOc2ccc(N)cc2)cc1. The van der Waals surface area contributed by atoms with Gasteiger partial charge in [0.25, 0.3) is 0 Å². The Morgan fingerprint density at radius 1 is 0.778 bits per heavy atom. The molecule has 0 saturated heterocycles. The lowest BCUT2D eigenvalue weighted by atomic mass is 10.2. The second-order valence-corrected chi connectivity index (χ2v) is 4.08. The Balaban J connectivity index is 1.73. The summed E-state index contributed by atoms with van der Waals surface area (Å²) in [4.78, 5) is 0. The van der Waals surface area contributed by atoms with Gasteiger partial charge >= 0.3 is 0 Å². The van der Waals surface area contributed by atoms with Crippen molar-refractivity contribution < 1.29 is 9.47 Å². The summed E-state index contributed by atoms with van der Waals surface area (Å²) in [5.41, 5.74) is 7.55. The number of anilines is 1. The number of nitrogens with two attached hydrogens (primary N) is 1.